The minimum absolute atomic E-state index is 0.747. The van der Waals surface area contributed by atoms with Crippen LogP contribution in [0.3, 0.4) is 0 Å². The maximum absolute atomic E-state index is 3.59. The molecule has 0 bridgehead atoms. The third kappa shape index (κ3) is 3.47. The Kier molecular flexibility index (Phi) is 4.08. The molecule has 0 rings (SSSR count). The Balaban J connectivity index is 2.85. The van der Waals surface area contributed by atoms with Crippen LogP contribution in [-0.4, -0.2) is 14.1 Å². The summed E-state index contributed by atoms with van der Waals surface area (Å²) in [4.78, 5) is 3.59. The highest BCUT2D eigenvalue weighted by molar-refractivity contribution is 6.40. The summed E-state index contributed by atoms with van der Waals surface area (Å²) >= 11 is 0. The van der Waals surface area contributed by atoms with Crippen molar-refractivity contribution in [2.75, 3.05) is 0 Å². The standard InChI is InChI=1S/C4H8BN/c1-3-4-5-6-2/h3-5H,2H2,1H3/b4-3-. The quantitative estimate of drug-likeness (QED) is 0.340. The summed E-state index contributed by atoms with van der Waals surface area (Å²) in [5.41, 5.74) is 0. The molecule has 0 aliphatic heterocycles. The van der Waals surface area contributed by atoms with Gasteiger partial charge in [0.25, 0.3) is 7.41 Å². The molecule has 0 aromatic rings. The van der Waals surface area contributed by atoms with Crippen molar-refractivity contribution in [1.82, 2.24) is 0 Å². The van der Waals surface area contributed by atoms with Gasteiger partial charge in [-0.15, -0.1) is 0 Å². The molecule has 0 amide bonds. The van der Waals surface area contributed by atoms with Crippen LogP contribution in [0.2, 0.25) is 0 Å². The van der Waals surface area contributed by atoms with Gasteiger partial charge in [-0.2, -0.15) is 0 Å². The van der Waals surface area contributed by atoms with E-state index >= 15 is 0 Å². The van der Waals surface area contributed by atoms with Crippen LogP contribution in [0.1, 0.15) is 6.92 Å². The molecule has 0 aromatic heterocycles. The molecular weight excluding hydrogens is 72.9 g/mol. The van der Waals surface area contributed by atoms with Gasteiger partial charge < -0.3 is 4.90 Å². The van der Waals surface area contributed by atoms with Crippen LogP contribution in [-0.2, 0) is 0 Å². The predicted octanol–water partition coefficient (Wildman–Crippen LogP) is 0.572. The molecule has 0 unspecified atom stereocenters. The zero-order chi connectivity index (χ0) is 4.83. The fourth-order valence-electron chi connectivity index (χ4n) is 0.180. The molecule has 0 radical (unpaired) electrons. The van der Waals surface area contributed by atoms with Gasteiger partial charge in [-0.3, -0.25) is 0 Å². The van der Waals surface area contributed by atoms with Crippen molar-refractivity contribution in [2.45, 2.75) is 6.92 Å². The maximum Gasteiger partial charge on any atom is 0.285 e. The molecule has 0 spiro atoms. The van der Waals surface area contributed by atoms with E-state index in [1.165, 1.54) is 0 Å². The lowest BCUT2D eigenvalue weighted by Crippen LogP contribution is -1.70. The smallest absolute Gasteiger partial charge is 0.285 e. The molecule has 2 heteroatoms. The average molecular weight is 80.9 g/mol. The summed E-state index contributed by atoms with van der Waals surface area (Å²) in [7, 11) is 0.747. The van der Waals surface area contributed by atoms with Crippen molar-refractivity contribution < 1.29 is 0 Å². The molecule has 0 N–H and O–H groups in total. The molecule has 32 valence electrons. The zero-order valence-corrected chi connectivity index (χ0v) is 4.02. The number of hydrogen-bond acceptors (Lipinski definition) is 1. The van der Waals surface area contributed by atoms with Crippen LogP contribution in [0.25, 0.3) is 0 Å². The Bertz CT molecular complexity index is 58.6. The first-order chi connectivity index (χ1) is 2.91. The first-order valence-corrected chi connectivity index (χ1v) is 1.95. The van der Waals surface area contributed by atoms with Crippen molar-refractivity contribution >= 4 is 14.1 Å². The van der Waals surface area contributed by atoms with Crippen molar-refractivity contribution in [3.63, 3.8) is 0 Å². The molecule has 6 heavy (non-hydrogen) atoms. The van der Waals surface area contributed by atoms with E-state index in [1.54, 1.807) is 0 Å². The highest BCUT2D eigenvalue weighted by atomic mass is 14.5. The van der Waals surface area contributed by atoms with Gasteiger partial charge in [0.2, 0.25) is 0 Å². The van der Waals surface area contributed by atoms with Crippen LogP contribution in [0.4, 0.5) is 0 Å². The van der Waals surface area contributed by atoms with E-state index < -0.39 is 0 Å². The van der Waals surface area contributed by atoms with Crippen molar-refractivity contribution in [3.8, 4) is 0 Å². The lowest BCUT2D eigenvalue weighted by Gasteiger charge is -1.67. The zero-order valence-electron chi connectivity index (χ0n) is 4.02. The summed E-state index contributed by atoms with van der Waals surface area (Å²) in [6.45, 7) is 5.26. The van der Waals surface area contributed by atoms with Crippen LogP contribution in [0.15, 0.2) is 17.0 Å². The van der Waals surface area contributed by atoms with E-state index in [0.717, 1.165) is 7.41 Å². The Labute approximate surface area is 39.0 Å². The first-order valence-electron chi connectivity index (χ1n) is 1.95. The highest BCUT2D eigenvalue weighted by Gasteiger charge is 1.64. The first kappa shape index (κ1) is 5.47. The number of rotatable bonds is 2. The lowest BCUT2D eigenvalue weighted by molar-refractivity contribution is 1.76. The second kappa shape index (κ2) is 4.47. The van der Waals surface area contributed by atoms with Gasteiger partial charge in [-0.1, -0.05) is 12.1 Å². The third-order valence-electron chi connectivity index (χ3n) is 0.470. The fraction of sp³-hybridized carbons (Fsp3) is 0.250. The van der Waals surface area contributed by atoms with Gasteiger partial charge in [0.15, 0.2) is 0 Å². The van der Waals surface area contributed by atoms with Gasteiger partial charge in [-0.05, 0) is 13.6 Å². The van der Waals surface area contributed by atoms with E-state index in [0.29, 0.717) is 0 Å². The Morgan fingerprint density at radius 1 is 1.83 bits per heavy atom. The van der Waals surface area contributed by atoms with E-state index in [2.05, 4.69) is 11.6 Å². The van der Waals surface area contributed by atoms with Crippen LogP contribution >= 0.6 is 0 Å². The van der Waals surface area contributed by atoms with E-state index in [9.17, 15) is 0 Å². The molecule has 0 atom stereocenters. The Morgan fingerprint density at radius 3 is 2.67 bits per heavy atom. The van der Waals surface area contributed by atoms with Crippen molar-refractivity contribution in [1.29, 1.82) is 0 Å². The molecule has 0 saturated carbocycles. The summed E-state index contributed by atoms with van der Waals surface area (Å²) < 4.78 is 0. The Morgan fingerprint density at radius 2 is 2.50 bits per heavy atom. The fourth-order valence-corrected chi connectivity index (χ4v) is 0.180. The van der Waals surface area contributed by atoms with E-state index in [1.807, 2.05) is 19.0 Å². The molecular formula is C4H8BN. The van der Waals surface area contributed by atoms with E-state index in [-0.39, 0.29) is 0 Å². The monoisotopic (exact) mass is 81.1 g/mol. The number of nitrogens with zero attached hydrogens (tertiary/aromatic N) is 1. The largest absolute Gasteiger partial charge is 0.355 e. The minimum Gasteiger partial charge on any atom is -0.355 e. The molecule has 0 aliphatic carbocycles. The highest BCUT2D eigenvalue weighted by Crippen LogP contribution is 1.63. The lowest BCUT2D eigenvalue weighted by atomic mass is 9.97. The summed E-state index contributed by atoms with van der Waals surface area (Å²) in [5.74, 6) is 1.95. The molecule has 1 nitrogen and oxygen atoms in total. The number of hydrogen-bond donors (Lipinski definition) is 0. The van der Waals surface area contributed by atoms with Gasteiger partial charge >= 0.3 is 0 Å². The third-order valence-corrected chi connectivity index (χ3v) is 0.470. The molecule has 0 aromatic carbocycles. The van der Waals surface area contributed by atoms with Gasteiger partial charge in [0.1, 0.15) is 0 Å². The maximum atomic E-state index is 3.59. The van der Waals surface area contributed by atoms with E-state index in [4.69, 9.17) is 0 Å². The average Bonchev–Trinajstić information content (AvgIpc) is 1.61. The number of allylic oxidation sites excluding steroid dienone is 1. The summed E-state index contributed by atoms with van der Waals surface area (Å²) in [5, 5.41) is 0. The summed E-state index contributed by atoms with van der Waals surface area (Å²) in [6.07, 6.45) is 1.95. The van der Waals surface area contributed by atoms with Crippen LogP contribution in [0, 0.1) is 0 Å². The predicted molar refractivity (Wildman–Crippen MR) is 31.5 cm³/mol. The van der Waals surface area contributed by atoms with Crippen LogP contribution in [0.5, 0.6) is 0 Å². The van der Waals surface area contributed by atoms with Gasteiger partial charge in [-0.25, -0.2) is 0 Å². The van der Waals surface area contributed by atoms with Crippen molar-refractivity contribution in [3.05, 3.63) is 12.1 Å². The minimum atomic E-state index is 0.747. The SMILES string of the molecule is C=NB/C=C\C. The summed E-state index contributed by atoms with van der Waals surface area (Å²) in [6, 6.07) is 0. The Hall–Kier alpha value is -0.525. The molecule has 0 heterocycles. The second-order valence-corrected chi connectivity index (χ2v) is 0.975. The van der Waals surface area contributed by atoms with Gasteiger partial charge in [0, 0.05) is 0 Å². The molecule has 0 aliphatic rings. The molecule has 0 saturated heterocycles. The second-order valence-electron chi connectivity index (χ2n) is 0.975. The van der Waals surface area contributed by atoms with Crippen molar-refractivity contribution in [2.24, 2.45) is 4.90 Å². The van der Waals surface area contributed by atoms with Crippen LogP contribution < -0.4 is 0 Å². The topological polar surface area (TPSA) is 12.4 Å². The normalized spacial score (nSPS) is 8.83. The van der Waals surface area contributed by atoms with Gasteiger partial charge in [0.05, 0.1) is 0 Å². The molecule has 0 fully saturated rings.